The van der Waals surface area contributed by atoms with E-state index in [2.05, 4.69) is 10.4 Å². The molecule has 1 aliphatic carbocycles. The number of carbonyl (C=O) groups is 1. The van der Waals surface area contributed by atoms with Crippen molar-refractivity contribution in [2.24, 2.45) is 0 Å². The highest BCUT2D eigenvalue weighted by atomic mass is 19.4. The molecule has 0 bridgehead atoms. The molecular weight excluding hydrogens is 331 g/mol. The third-order valence-corrected chi connectivity index (χ3v) is 4.40. The van der Waals surface area contributed by atoms with E-state index in [4.69, 9.17) is 0 Å². The molecule has 1 aromatic heterocycles. The highest BCUT2D eigenvalue weighted by molar-refractivity contribution is 5.75. The molecule has 0 spiro atoms. The summed E-state index contributed by atoms with van der Waals surface area (Å²) in [6, 6.07) is 9.69. The fourth-order valence-corrected chi connectivity index (χ4v) is 3.21. The lowest BCUT2D eigenvalue weighted by Crippen LogP contribution is -2.30. The van der Waals surface area contributed by atoms with E-state index < -0.39 is 11.9 Å². The highest BCUT2D eigenvalue weighted by Crippen LogP contribution is 2.35. The molecule has 0 saturated carbocycles. The second-order valence-corrected chi connectivity index (χ2v) is 6.22. The Balaban J connectivity index is 1.64. The zero-order valence-corrected chi connectivity index (χ0v) is 13.8. The number of aromatic nitrogens is 2. The minimum absolute atomic E-state index is 0.173. The third-order valence-electron chi connectivity index (χ3n) is 4.40. The van der Waals surface area contributed by atoms with Gasteiger partial charge in [-0.15, -0.1) is 0 Å². The van der Waals surface area contributed by atoms with Crippen LogP contribution in [0.2, 0.25) is 0 Å². The minimum atomic E-state index is -4.48. The first kappa shape index (κ1) is 17.5. The summed E-state index contributed by atoms with van der Waals surface area (Å²) in [5, 5.41) is 6.45. The van der Waals surface area contributed by atoms with E-state index in [1.165, 1.54) is 4.68 Å². The number of hydrogen-bond acceptors (Lipinski definition) is 2. The molecule has 1 N–H and O–H groups in total. The van der Waals surface area contributed by atoms with E-state index in [-0.39, 0.29) is 18.0 Å². The first-order valence-corrected chi connectivity index (χ1v) is 8.41. The van der Waals surface area contributed by atoms with Crippen LogP contribution in [-0.4, -0.2) is 22.2 Å². The van der Waals surface area contributed by atoms with Crippen LogP contribution in [0.15, 0.2) is 30.3 Å². The van der Waals surface area contributed by atoms with Crippen LogP contribution in [-0.2, 0) is 36.8 Å². The van der Waals surface area contributed by atoms with Gasteiger partial charge in [0.05, 0.1) is 0 Å². The maximum absolute atomic E-state index is 13.1. The van der Waals surface area contributed by atoms with Crippen LogP contribution >= 0.6 is 0 Å². The molecule has 3 rings (SSSR count). The quantitative estimate of drug-likeness (QED) is 0.900. The van der Waals surface area contributed by atoms with Gasteiger partial charge < -0.3 is 5.32 Å². The van der Waals surface area contributed by atoms with Crippen LogP contribution in [0.5, 0.6) is 0 Å². The van der Waals surface area contributed by atoms with Gasteiger partial charge in [-0.2, -0.15) is 18.3 Å². The number of nitrogens with zero attached hydrogens (tertiary/aromatic N) is 2. The zero-order valence-electron chi connectivity index (χ0n) is 13.8. The van der Waals surface area contributed by atoms with E-state index in [9.17, 15) is 18.0 Å². The van der Waals surface area contributed by atoms with Crippen LogP contribution in [0.3, 0.4) is 0 Å². The van der Waals surface area contributed by atoms with E-state index in [1.807, 2.05) is 30.3 Å². The van der Waals surface area contributed by atoms with Gasteiger partial charge in [0.25, 0.3) is 0 Å². The van der Waals surface area contributed by atoms with E-state index in [1.54, 1.807) is 0 Å². The van der Waals surface area contributed by atoms with Crippen LogP contribution in [0.1, 0.15) is 35.4 Å². The molecule has 0 fully saturated rings. The molecule has 1 aliphatic rings. The molecular formula is C18H20F3N3O. The van der Waals surface area contributed by atoms with Crippen molar-refractivity contribution in [3.63, 3.8) is 0 Å². The molecule has 0 aliphatic heterocycles. The third kappa shape index (κ3) is 4.21. The smallest absolute Gasteiger partial charge is 0.354 e. The Labute approximate surface area is 144 Å². The molecule has 0 saturated heterocycles. The SMILES string of the molecule is O=C(Cn1nc(C(F)(F)F)c2c1CCCC2)NCCc1ccccc1. The number of amides is 1. The zero-order chi connectivity index (χ0) is 17.9. The van der Waals surface area contributed by atoms with Crippen molar-refractivity contribution in [2.75, 3.05) is 6.54 Å². The molecule has 0 unspecified atom stereocenters. The van der Waals surface area contributed by atoms with Gasteiger partial charge >= 0.3 is 6.18 Å². The number of rotatable bonds is 5. The molecule has 1 amide bonds. The minimum Gasteiger partial charge on any atom is -0.354 e. The summed E-state index contributed by atoms with van der Waals surface area (Å²) in [5.41, 5.74) is 1.07. The van der Waals surface area contributed by atoms with E-state index >= 15 is 0 Å². The van der Waals surface area contributed by atoms with Crippen molar-refractivity contribution < 1.29 is 18.0 Å². The normalized spacial score (nSPS) is 14.2. The highest BCUT2D eigenvalue weighted by Gasteiger charge is 2.39. The summed E-state index contributed by atoms with van der Waals surface area (Å²) in [6.45, 7) is 0.269. The maximum atomic E-state index is 13.1. The van der Waals surface area contributed by atoms with Crippen molar-refractivity contribution in [1.82, 2.24) is 15.1 Å². The van der Waals surface area contributed by atoms with E-state index in [0.29, 0.717) is 31.5 Å². The van der Waals surface area contributed by atoms with Gasteiger partial charge in [-0.25, -0.2) is 0 Å². The van der Waals surface area contributed by atoms with Crippen molar-refractivity contribution in [3.8, 4) is 0 Å². The van der Waals surface area contributed by atoms with E-state index in [0.717, 1.165) is 18.4 Å². The van der Waals surface area contributed by atoms with Crippen LogP contribution in [0.4, 0.5) is 13.2 Å². The maximum Gasteiger partial charge on any atom is 0.435 e. The lowest BCUT2D eigenvalue weighted by molar-refractivity contribution is -0.142. The predicted molar refractivity (Wildman–Crippen MR) is 87.0 cm³/mol. The molecule has 2 aromatic rings. The second kappa shape index (κ2) is 7.29. The largest absolute Gasteiger partial charge is 0.435 e. The number of benzene rings is 1. The predicted octanol–water partition coefficient (Wildman–Crippen LogP) is 3.14. The van der Waals surface area contributed by atoms with Gasteiger partial charge in [-0.05, 0) is 37.7 Å². The number of fused-ring (bicyclic) bond motifs is 1. The summed E-state index contributed by atoms with van der Waals surface area (Å²) >= 11 is 0. The van der Waals surface area contributed by atoms with Crippen LogP contribution in [0, 0.1) is 0 Å². The number of nitrogens with one attached hydrogen (secondary N) is 1. The van der Waals surface area contributed by atoms with Crippen molar-refractivity contribution in [3.05, 3.63) is 52.8 Å². The standard InChI is InChI=1S/C18H20F3N3O/c19-18(20,21)17-14-8-4-5-9-15(14)24(23-17)12-16(25)22-11-10-13-6-2-1-3-7-13/h1-3,6-7H,4-5,8-12H2,(H,22,25). The van der Waals surface area contributed by atoms with Gasteiger partial charge in [0.1, 0.15) is 6.54 Å². The van der Waals surface area contributed by atoms with Gasteiger partial charge in [-0.1, -0.05) is 30.3 Å². The molecule has 134 valence electrons. The summed E-state index contributed by atoms with van der Waals surface area (Å²) < 4.78 is 40.7. The molecule has 1 aromatic carbocycles. The number of hydrogen-bond donors (Lipinski definition) is 1. The van der Waals surface area contributed by atoms with Crippen LogP contribution in [0.25, 0.3) is 0 Å². The average molecular weight is 351 g/mol. The fourth-order valence-electron chi connectivity index (χ4n) is 3.21. The van der Waals surface area contributed by atoms with Gasteiger partial charge in [0, 0.05) is 17.8 Å². The number of halogens is 3. The van der Waals surface area contributed by atoms with Crippen molar-refractivity contribution in [2.45, 2.75) is 44.8 Å². The number of carbonyl (C=O) groups excluding carboxylic acids is 1. The molecule has 1 heterocycles. The Kier molecular flexibility index (Phi) is 5.11. The Bertz CT molecular complexity index is 738. The lowest BCUT2D eigenvalue weighted by Gasteiger charge is -2.14. The monoisotopic (exact) mass is 351 g/mol. The first-order valence-electron chi connectivity index (χ1n) is 8.41. The second-order valence-electron chi connectivity index (χ2n) is 6.22. The molecule has 7 heteroatoms. The van der Waals surface area contributed by atoms with Crippen molar-refractivity contribution in [1.29, 1.82) is 0 Å². The van der Waals surface area contributed by atoms with Gasteiger partial charge in [-0.3, -0.25) is 9.48 Å². The lowest BCUT2D eigenvalue weighted by atomic mass is 9.95. The Morgan fingerprint density at radius 3 is 2.60 bits per heavy atom. The van der Waals surface area contributed by atoms with Gasteiger partial charge in [0.2, 0.25) is 5.91 Å². The fraction of sp³-hybridized carbons (Fsp3) is 0.444. The topological polar surface area (TPSA) is 46.9 Å². The Morgan fingerprint density at radius 2 is 1.88 bits per heavy atom. The first-order chi connectivity index (χ1) is 11.9. The summed E-state index contributed by atoms with van der Waals surface area (Å²) in [5.74, 6) is -0.319. The number of alkyl halides is 3. The molecule has 4 nitrogen and oxygen atoms in total. The van der Waals surface area contributed by atoms with Gasteiger partial charge in [0.15, 0.2) is 5.69 Å². The average Bonchev–Trinajstić information content (AvgIpc) is 2.95. The van der Waals surface area contributed by atoms with Crippen molar-refractivity contribution >= 4 is 5.91 Å². The Hall–Kier alpha value is -2.31. The molecule has 25 heavy (non-hydrogen) atoms. The van der Waals surface area contributed by atoms with Crippen LogP contribution < -0.4 is 5.32 Å². The summed E-state index contributed by atoms with van der Waals surface area (Å²) in [4.78, 5) is 12.1. The summed E-state index contributed by atoms with van der Waals surface area (Å²) in [7, 11) is 0. The Morgan fingerprint density at radius 1 is 1.16 bits per heavy atom. The molecule has 0 radical (unpaired) electrons. The summed E-state index contributed by atoms with van der Waals surface area (Å²) in [6.07, 6.45) is -1.33. The molecule has 0 atom stereocenters.